The Hall–Kier alpha value is -2.45. The fraction of sp³-hybridized carbons (Fsp3) is 0.333. The molecule has 0 amide bonds. The molecule has 2 rings (SSSR count). The number of non-ortho nitro benzene ring substituents is 1. The summed E-state index contributed by atoms with van der Waals surface area (Å²) in [6, 6.07) is 13.1. The highest BCUT2D eigenvalue weighted by Gasteiger charge is 2.13. The van der Waals surface area contributed by atoms with Crippen molar-refractivity contribution in [2.45, 2.75) is 25.5 Å². The van der Waals surface area contributed by atoms with Crippen LogP contribution in [-0.4, -0.2) is 26.5 Å². The molecule has 140 valence electrons. The fourth-order valence-electron chi connectivity index (χ4n) is 2.43. The number of nitro groups is 1. The third-order valence-corrected chi connectivity index (χ3v) is 5.08. The van der Waals surface area contributed by atoms with Crippen molar-refractivity contribution in [2.75, 3.05) is 13.2 Å². The predicted molar refractivity (Wildman–Crippen MR) is 99.7 cm³/mol. The normalized spacial score (nSPS) is 11.5. The zero-order chi connectivity index (χ0) is 19.2. The molecular weight excluding hydrogens is 356 g/mol. The molecule has 2 aromatic rings. The molecule has 26 heavy (non-hydrogen) atoms. The molecule has 0 aliphatic heterocycles. The third kappa shape index (κ3) is 5.82. The van der Waals surface area contributed by atoms with Crippen LogP contribution in [0.2, 0.25) is 0 Å². The second-order valence-electron chi connectivity index (χ2n) is 6.12. The lowest BCUT2D eigenvalue weighted by Crippen LogP contribution is -2.29. The predicted octanol–water partition coefficient (Wildman–Crippen LogP) is 3.22. The van der Waals surface area contributed by atoms with Crippen LogP contribution >= 0.6 is 0 Å². The minimum absolute atomic E-state index is 0.0728. The van der Waals surface area contributed by atoms with Gasteiger partial charge in [0.05, 0.1) is 10.7 Å². The highest BCUT2D eigenvalue weighted by molar-refractivity contribution is 7.88. The van der Waals surface area contributed by atoms with Crippen molar-refractivity contribution in [1.82, 2.24) is 4.72 Å². The van der Waals surface area contributed by atoms with E-state index in [1.54, 1.807) is 0 Å². The van der Waals surface area contributed by atoms with Crippen LogP contribution in [0.5, 0.6) is 5.75 Å². The lowest BCUT2D eigenvalue weighted by Gasteiger charge is -2.14. The van der Waals surface area contributed by atoms with Gasteiger partial charge in [0.1, 0.15) is 12.4 Å². The van der Waals surface area contributed by atoms with Gasteiger partial charge in [-0.3, -0.25) is 10.1 Å². The van der Waals surface area contributed by atoms with Crippen LogP contribution in [-0.2, 0) is 15.8 Å². The molecule has 0 saturated heterocycles. The van der Waals surface area contributed by atoms with Gasteiger partial charge < -0.3 is 4.74 Å². The molecule has 2 aromatic carbocycles. The molecule has 0 heterocycles. The van der Waals surface area contributed by atoms with Gasteiger partial charge in [0.15, 0.2) is 0 Å². The van der Waals surface area contributed by atoms with Gasteiger partial charge >= 0.3 is 0 Å². The van der Waals surface area contributed by atoms with Crippen molar-refractivity contribution in [1.29, 1.82) is 0 Å². The Labute approximate surface area is 153 Å². The van der Waals surface area contributed by atoms with Crippen LogP contribution in [0, 0.1) is 10.1 Å². The maximum Gasteiger partial charge on any atom is 0.269 e. The van der Waals surface area contributed by atoms with Gasteiger partial charge in [0.2, 0.25) is 10.0 Å². The molecule has 0 fully saturated rings. The molecular formula is C18H22N2O5S. The van der Waals surface area contributed by atoms with Crippen LogP contribution in [0.1, 0.15) is 30.9 Å². The van der Waals surface area contributed by atoms with E-state index in [0.29, 0.717) is 11.5 Å². The van der Waals surface area contributed by atoms with Crippen LogP contribution in [0.3, 0.4) is 0 Å². The van der Waals surface area contributed by atoms with E-state index in [1.807, 2.05) is 24.3 Å². The Kier molecular flexibility index (Phi) is 6.70. The zero-order valence-electron chi connectivity index (χ0n) is 14.7. The van der Waals surface area contributed by atoms with E-state index in [1.165, 1.54) is 24.3 Å². The molecule has 0 aliphatic carbocycles. The summed E-state index contributed by atoms with van der Waals surface area (Å²) < 4.78 is 32.4. The van der Waals surface area contributed by atoms with E-state index < -0.39 is 14.9 Å². The van der Waals surface area contributed by atoms with E-state index in [0.717, 1.165) is 11.3 Å². The number of nitrogens with zero attached hydrogens (tertiary/aromatic N) is 1. The second kappa shape index (κ2) is 8.77. The van der Waals surface area contributed by atoms with Gasteiger partial charge in [-0.05, 0) is 23.1 Å². The van der Waals surface area contributed by atoms with Crippen LogP contribution in [0.15, 0.2) is 48.5 Å². The highest BCUT2D eigenvalue weighted by Crippen LogP contribution is 2.25. The van der Waals surface area contributed by atoms with Crippen LogP contribution in [0.25, 0.3) is 0 Å². The van der Waals surface area contributed by atoms with Crippen molar-refractivity contribution < 1.29 is 18.1 Å². The summed E-state index contributed by atoms with van der Waals surface area (Å²) in [5.74, 6) is 0.815. The number of benzene rings is 2. The van der Waals surface area contributed by atoms with Crippen LogP contribution < -0.4 is 9.46 Å². The molecule has 0 unspecified atom stereocenters. The first-order chi connectivity index (χ1) is 12.3. The molecule has 0 bridgehead atoms. The minimum atomic E-state index is -3.55. The molecule has 0 aromatic heterocycles. The molecule has 0 saturated carbocycles. The first-order valence-corrected chi connectivity index (χ1v) is 9.86. The Morgan fingerprint density at radius 1 is 1.12 bits per heavy atom. The monoisotopic (exact) mass is 378 g/mol. The number of rotatable bonds is 9. The largest absolute Gasteiger partial charge is 0.492 e. The lowest BCUT2D eigenvalue weighted by molar-refractivity contribution is -0.384. The van der Waals surface area contributed by atoms with Crippen molar-refractivity contribution in [3.05, 3.63) is 69.8 Å². The van der Waals surface area contributed by atoms with E-state index in [4.69, 9.17) is 4.74 Å². The van der Waals surface area contributed by atoms with E-state index >= 15 is 0 Å². The number of nitrogens with one attached hydrogen (secondary N) is 1. The average Bonchev–Trinajstić information content (AvgIpc) is 2.59. The third-order valence-electron chi connectivity index (χ3n) is 3.73. The minimum Gasteiger partial charge on any atom is -0.492 e. The number of para-hydroxylation sites is 1. The van der Waals surface area contributed by atoms with Gasteiger partial charge in [0.25, 0.3) is 5.69 Å². The summed E-state index contributed by atoms with van der Waals surface area (Å²) in [6.45, 7) is 4.48. The van der Waals surface area contributed by atoms with E-state index in [2.05, 4.69) is 18.6 Å². The van der Waals surface area contributed by atoms with E-state index in [-0.39, 0.29) is 24.6 Å². The summed E-state index contributed by atoms with van der Waals surface area (Å²) in [4.78, 5) is 10.1. The second-order valence-corrected chi connectivity index (χ2v) is 7.92. The van der Waals surface area contributed by atoms with Gasteiger partial charge in [-0.15, -0.1) is 0 Å². The Balaban J connectivity index is 1.86. The number of hydrogen-bond donors (Lipinski definition) is 1. The molecule has 8 heteroatoms. The summed E-state index contributed by atoms with van der Waals surface area (Å²) in [6.07, 6.45) is 0. The summed E-state index contributed by atoms with van der Waals surface area (Å²) >= 11 is 0. The maximum absolute atomic E-state index is 12.1. The topological polar surface area (TPSA) is 98.5 Å². The lowest BCUT2D eigenvalue weighted by atomic mass is 10.0. The van der Waals surface area contributed by atoms with E-state index in [9.17, 15) is 18.5 Å². The molecule has 1 N–H and O–H groups in total. The zero-order valence-corrected chi connectivity index (χ0v) is 15.5. The molecule has 0 radical (unpaired) electrons. The highest BCUT2D eigenvalue weighted by atomic mass is 32.2. The van der Waals surface area contributed by atoms with Crippen molar-refractivity contribution in [3.63, 3.8) is 0 Å². The van der Waals surface area contributed by atoms with Crippen molar-refractivity contribution >= 4 is 15.7 Å². The maximum atomic E-state index is 12.1. The standard InChI is InChI=1S/C18H22N2O5S/c1-14(2)17-5-3-4-6-18(17)25-12-11-19-26(23,24)13-15-7-9-16(10-8-15)20(21)22/h3-10,14,19H,11-13H2,1-2H3. The summed E-state index contributed by atoms with van der Waals surface area (Å²) in [5, 5.41) is 10.6. The van der Waals surface area contributed by atoms with Gasteiger partial charge in [-0.2, -0.15) is 0 Å². The number of hydrogen-bond acceptors (Lipinski definition) is 5. The SMILES string of the molecule is CC(C)c1ccccc1OCCNS(=O)(=O)Cc1ccc([N+](=O)[O-])cc1. The smallest absolute Gasteiger partial charge is 0.269 e. The van der Waals surface area contributed by atoms with Gasteiger partial charge in [-0.1, -0.05) is 44.2 Å². The van der Waals surface area contributed by atoms with Gasteiger partial charge in [-0.25, -0.2) is 13.1 Å². The van der Waals surface area contributed by atoms with Crippen LogP contribution in [0.4, 0.5) is 5.69 Å². The number of sulfonamides is 1. The first kappa shape index (κ1) is 19.9. The first-order valence-electron chi connectivity index (χ1n) is 8.21. The van der Waals surface area contributed by atoms with Crippen molar-refractivity contribution in [2.24, 2.45) is 0 Å². The molecule has 0 atom stereocenters. The number of ether oxygens (including phenoxy) is 1. The van der Waals surface area contributed by atoms with Crippen molar-refractivity contribution in [3.8, 4) is 5.75 Å². The molecule has 0 aliphatic rings. The number of nitro benzene ring substituents is 1. The summed E-state index contributed by atoms with van der Waals surface area (Å²) in [7, 11) is -3.55. The molecule has 0 spiro atoms. The Morgan fingerprint density at radius 3 is 2.38 bits per heavy atom. The Bertz CT molecular complexity index is 848. The quantitative estimate of drug-likeness (QED) is 0.410. The fourth-order valence-corrected chi connectivity index (χ4v) is 3.56. The average molecular weight is 378 g/mol. The van der Waals surface area contributed by atoms with Gasteiger partial charge in [0, 0.05) is 18.7 Å². The summed E-state index contributed by atoms with van der Waals surface area (Å²) in [5.41, 5.74) is 1.48. The Morgan fingerprint density at radius 2 is 1.77 bits per heavy atom. The molecule has 7 nitrogen and oxygen atoms in total.